The van der Waals surface area contributed by atoms with E-state index in [4.69, 9.17) is 14.2 Å². The minimum atomic E-state index is -1.01. The summed E-state index contributed by atoms with van der Waals surface area (Å²) in [5.74, 6) is -3.33. The molecule has 0 saturated carbocycles. The van der Waals surface area contributed by atoms with Gasteiger partial charge in [-0.2, -0.15) is 0 Å². The highest BCUT2D eigenvalue weighted by molar-refractivity contribution is 5.92. The number of amides is 4. The van der Waals surface area contributed by atoms with Crippen molar-refractivity contribution in [3.8, 4) is 0 Å². The minimum absolute atomic E-state index is 0.157. The van der Waals surface area contributed by atoms with Crippen LogP contribution in [0.4, 0.5) is 4.79 Å². The molecule has 0 radical (unpaired) electrons. The lowest BCUT2D eigenvalue weighted by Crippen LogP contribution is -2.51. The van der Waals surface area contributed by atoms with Crippen LogP contribution in [0.15, 0.2) is 12.2 Å². The summed E-state index contributed by atoms with van der Waals surface area (Å²) >= 11 is 0. The summed E-state index contributed by atoms with van der Waals surface area (Å²) in [6, 6.07) is -1.97. The number of esters is 2. The SMILES string of the molecule is C=C(C)C(=O)OCCOC(=O)CNC(=O)[C@H](C)NC(=O)CNC(=O)[C@H](C)NC(=O)OC(C)(C)C. The molecule has 0 aromatic rings. The van der Waals surface area contributed by atoms with Gasteiger partial charge in [0.1, 0.15) is 37.4 Å². The molecular weight excluding hydrogens is 452 g/mol. The number of hydrogen-bond acceptors (Lipinski definition) is 9. The molecule has 0 aromatic heterocycles. The number of hydrogen-bond donors (Lipinski definition) is 4. The van der Waals surface area contributed by atoms with E-state index >= 15 is 0 Å². The van der Waals surface area contributed by atoms with Crippen molar-refractivity contribution in [2.24, 2.45) is 0 Å². The Bertz CT molecular complexity index is 790. The maximum atomic E-state index is 12.0. The minimum Gasteiger partial charge on any atom is -0.461 e. The Balaban J connectivity index is 4.19. The van der Waals surface area contributed by atoms with Gasteiger partial charge in [-0.15, -0.1) is 0 Å². The van der Waals surface area contributed by atoms with Gasteiger partial charge in [-0.25, -0.2) is 9.59 Å². The fourth-order valence-electron chi connectivity index (χ4n) is 2.00. The number of carbonyl (C=O) groups excluding carboxylic acids is 6. The monoisotopic (exact) mass is 486 g/mol. The van der Waals surface area contributed by atoms with Crippen molar-refractivity contribution >= 4 is 35.8 Å². The molecule has 13 heteroatoms. The molecule has 0 heterocycles. The molecule has 0 spiro atoms. The summed E-state index contributed by atoms with van der Waals surface area (Å²) in [5.41, 5.74) is -0.520. The second-order valence-corrected chi connectivity index (χ2v) is 8.23. The van der Waals surface area contributed by atoms with E-state index in [-0.39, 0.29) is 18.8 Å². The van der Waals surface area contributed by atoms with Crippen molar-refractivity contribution in [1.29, 1.82) is 0 Å². The van der Waals surface area contributed by atoms with E-state index in [1.165, 1.54) is 20.8 Å². The summed E-state index contributed by atoms with van der Waals surface area (Å²) < 4.78 is 14.6. The van der Waals surface area contributed by atoms with Crippen molar-refractivity contribution in [3.63, 3.8) is 0 Å². The van der Waals surface area contributed by atoms with E-state index in [2.05, 4.69) is 27.8 Å². The average molecular weight is 487 g/mol. The highest BCUT2D eigenvalue weighted by atomic mass is 16.6. The van der Waals surface area contributed by atoms with Gasteiger partial charge < -0.3 is 35.5 Å². The molecule has 0 aromatic carbocycles. The normalized spacial score (nSPS) is 12.3. The van der Waals surface area contributed by atoms with Gasteiger partial charge in [0.25, 0.3) is 0 Å². The summed E-state index contributed by atoms with van der Waals surface area (Å²) in [4.78, 5) is 70.4. The molecule has 0 bridgehead atoms. The first kappa shape index (κ1) is 30.4. The molecule has 0 aliphatic heterocycles. The van der Waals surface area contributed by atoms with Gasteiger partial charge in [0.2, 0.25) is 17.7 Å². The lowest BCUT2D eigenvalue weighted by Gasteiger charge is -2.21. The zero-order valence-corrected chi connectivity index (χ0v) is 20.4. The third-order valence-electron chi connectivity index (χ3n) is 3.66. The van der Waals surface area contributed by atoms with Crippen LogP contribution in [0.5, 0.6) is 0 Å². The number of ether oxygens (including phenoxy) is 3. The van der Waals surface area contributed by atoms with Crippen LogP contribution in [0, 0.1) is 0 Å². The lowest BCUT2D eigenvalue weighted by molar-refractivity contribution is -0.149. The van der Waals surface area contributed by atoms with Crippen LogP contribution in [-0.2, 0) is 38.2 Å². The Kier molecular flexibility index (Phi) is 12.9. The van der Waals surface area contributed by atoms with E-state index in [1.54, 1.807) is 20.8 Å². The third kappa shape index (κ3) is 14.4. The van der Waals surface area contributed by atoms with Crippen LogP contribution in [0.25, 0.3) is 0 Å². The van der Waals surface area contributed by atoms with E-state index in [0.717, 1.165) is 0 Å². The van der Waals surface area contributed by atoms with Crippen LogP contribution in [0.3, 0.4) is 0 Å². The predicted octanol–water partition coefficient (Wildman–Crippen LogP) is -0.701. The zero-order chi connectivity index (χ0) is 26.5. The van der Waals surface area contributed by atoms with E-state index in [9.17, 15) is 28.8 Å². The van der Waals surface area contributed by atoms with Crippen molar-refractivity contribution < 1.29 is 43.0 Å². The number of rotatable bonds is 12. The van der Waals surface area contributed by atoms with Crippen molar-refractivity contribution in [3.05, 3.63) is 12.2 Å². The third-order valence-corrected chi connectivity index (χ3v) is 3.66. The molecule has 0 unspecified atom stereocenters. The molecule has 0 fully saturated rings. The Hall–Kier alpha value is -3.64. The van der Waals surface area contributed by atoms with Gasteiger partial charge in [-0.05, 0) is 41.5 Å². The molecule has 0 aliphatic rings. The highest BCUT2D eigenvalue weighted by Gasteiger charge is 2.22. The fourth-order valence-corrected chi connectivity index (χ4v) is 2.00. The lowest BCUT2D eigenvalue weighted by atomic mass is 10.2. The smallest absolute Gasteiger partial charge is 0.408 e. The first-order chi connectivity index (χ1) is 15.6. The molecule has 0 aliphatic carbocycles. The van der Waals surface area contributed by atoms with E-state index in [0.29, 0.717) is 0 Å². The first-order valence-corrected chi connectivity index (χ1v) is 10.4. The van der Waals surface area contributed by atoms with Crippen LogP contribution in [-0.4, -0.2) is 79.7 Å². The van der Waals surface area contributed by atoms with Gasteiger partial charge in [0.05, 0.1) is 6.54 Å². The van der Waals surface area contributed by atoms with Crippen molar-refractivity contribution in [2.45, 2.75) is 59.2 Å². The second-order valence-electron chi connectivity index (χ2n) is 8.23. The van der Waals surface area contributed by atoms with E-state index in [1.807, 2.05) is 0 Å². The number of carbonyl (C=O) groups is 6. The molecule has 0 rings (SSSR count). The maximum Gasteiger partial charge on any atom is 0.408 e. The van der Waals surface area contributed by atoms with Crippen molar-refractivity contribution in [1.82, 2.24) is 21.3 Å². The Morgan fingerprint density at radius 3 is 1.85 bits per heavy atom. The van der Waals surface area contributed by atoms with Crippen LogP contribution < -0.4 is 21.3 Å². The molecule has 0 saturated heterocycles. The molecule has 4 N–H and O–H groups in total. The Labute approximate surface area is 198 Å². The van der Waals surface area contributed by atoms with Gasteiger partial charge in [0, 0.05) is 5.57 Å². The van der Waals surface area contributed by atoms with Crippen LogP contribution in [0.1, 0.15) is 41.5 Å². The second kappa shape index (κ2) is 14.5. The first-order valence-electron chi connectivity index (χ1n) is 10.4. The number of nitrogens with one attached hydrogen (secondary N) is 4. The molecule has 192 valence electrons. The molecular formula is C21H34N4O9. The van der Waals surface area contributed by atoms with Gasteiger partial charge >= 0.3 is 18.0 Å². The molecule has 34 heavy (non-hydrogen) atoms. The molecule has 2 atom stereocenters. The molecule has 4 amide bonds. The standard InChI is InChI=1S/C21H34N4O9/c1-12(2)19(30)33-9-8-32-16(27)11-23-17(28)13(3)24-15(26)10-22-18(29)14(4)25-20(31)34-21(5,6)7/h13-14H,1,8-11H2,2-7H3,(H,22,29)(H,23,28)(H,24,26)(H,25,31)/t13-,14-/m0/s1. The van der Waals surface area contributed by atoms with Gasteiger partial charge in [0.15, 0.2) is 0 Å². The molecule has 13 nitrogen and oxygen atoms in total. The van der Waals surface area contributed by atoms with Crippen LogP contribution in [0.2, 0.25) is 0 Å². The maximum absolute atomic E-state index is 12.0. The fraction of sp³-hybridized carbons (Fsp3) is 0.619. The average Bonchev–Trinajstić information content (AvgIpc) is 2.71. The zero-order valence-electron chi connectivity index (χ0n) is 20.4. The quantitative estimate of drug-likeness (QED) is 0.120. The van der Waals surface area contributed by atoms with Crippen LogP contribution >= 0.6 is 0 Å². The summed E-state index contributed by atoms with van der Waals surface area (Å²) in [7, 11) is 0. The van der Waals surface area contributed by atoms with Gasteiger partial charge in [-0.1, -0.05) is 6.58 Å². The Morgan fingerprint density at radius 2 is 1.32 bits per heavy atom. The topological polar surface area (TPSA) is 178 Å². The number of alkyl carbamates (subject to hydrolysis) is 1. The summed E-state index contributed by atoms with van der Waals surface area (Å²) in [6.07, 6.45) is -0.781. The summed E-state index contributed by atoms with van der Waals surface area (Å²) in [5, 5.41) is 9.28. The predicted molar refractivity (Wildman–Crippen MR) is 119 cm³/mol. The van der Waals surface area contributed by atoms with Crippen molar-refractivity contribution in [2.75, 3.05) is 26.3 Å². The highest BCUT2D eigenvalue weighted by Crippen LogP contribution is 2.06. The van der Waals surface area contributed by atoms with E-state index < -0.39 is 66.5 Å². The van der Waals surface area contributed by atoms with Gasteiger partial charge in [-0.3, -0.25) is 19.2 Å². The largest absolute Gasteiger partial charge is 0.461 e. The Morgan fingerprint density at radius 1 is 0.824 bits per heavy atom. The summed E-state index contributed by atoms with van der Waals surface area (Å²) in [6.45, 7) is 11.4.